The highest BCUT2D eigenvalue weighted by Crippen LogP contribution is 2.40. The number of nitrogens with zero attached hydrogens (tertiary/aromatic N) is 5. The number of hydrogen-bond acceptors (Lipinski definition) is 9. The van der Waals surface area contributed by atoms with E-state index >= 15 is 0 Å². The van der Waals surface area contributed by atoms with Crippen molar-refractivity contribution in [1.29, 1.82) is 0 Å². The SMILES string of the molecule is Cc1cc(-c2ncnc3[nH]c4cc(N5CCC6(CCNC6)CC5)ccc4c23)ccc1[C@@H](C)NC(=O)c1nc(C(C)(C)C)no1.O=CO. The van der Waals surface area contributed by atoms with Crippen molar-refractivity contribution in [1.82, 2.24) is 35.7 Å². The molecule has 2 aliphatic rings. The molecule has 5 aromatic rings. The summed E-state index contributed by atoms with van der Waals surface area (Å²) in [4.78, 5) is 40.9. The van der Waals surface area contributed by atoms with Crippen LogP contribution in [0.1, 0.15) is 80.6 Å². The van der Waals surface area contributed by atoms with Crippen molar-refractivity contribution in [3.8, 4) is 11.3 Å². The minimum absolute atomic E-state index is 0.0303. The Morgan fingerprint density at radius 3 is 2.55 bits per heavy atom. The third kappa shape index (κ3) is 6.42. The second-order valence-electron chi connectivity index (χ2n) is 13.8. The molecule has 2 aliphatic heterocycles. The molecule has 1 spiro atoms. The zero-order chi connectivity index (χ0) is 33.3. The summed E-state index contributed by atoms with van der Waals surface area (Å²) in [5.41, 5.74) is 7.28. The van der Waals surface area contributed by atoms with Gasteiger partial charge in [0, 0.05) is 47.2 Å². The molecule has 246 valence electrons. The van der Waals surface area contributed by atoms with Gasteiger partial charge in [0.25, 0.3) is 6.47 Å². The maximum absolute atomic E-state index is 12.9. The number of carbonyl (C=O) groups excluding carboxylic acids is 1. The summed E-state index contributed by atoms with van der Waals surface area (Å²) < 4.78 is 5.23. The Bertz CT molecular complexity index is 1910. The number of carbonyl (C=O) groups is 2. The van der Waals surface area contributed by atoms with Gasteiger partial charge in [-0.2, -0.15) is 4.98 Å². The summed E-state index contributed by atoms with van der Waals surface area (Å²) in [5, 5.41) is 19.6. The van der Waals surface area contributed by atoms with Gasteiger partial charge >= 0.3 is 11.8 Å². The fourth-order valence-corrected chi connectivity index (χ4v) is 6.86. The molecule has 0 bridgehead atoms. The van der Waals surface area contributed by atoms with Crippen molar-refractivity contribution in [2.75, 3.05) is 31.1 Å². The minimum Gasteiger partial charge on any atom is -0.483 e. The highest BCUT2D eigenvalue weighted by atomic mass is 16.5. The molecule has 2 fully saturated rings. The number of piperidine rings is 1. The molecule has 2 aromatic carbocycles. The number of fused-ring (bicyclic) bond motifs is 3. The van der Waals surface area contributed by atoms with Crippen molar-refractivity contribution in [3.63, 3.8) is 0 Å². The van der Waals surface area contributed by atoms with E-state index in [0.29, 0.717) is 11.2 Å². The Hall–Kier alpha value is -4.84. The Balaban J connectivity index is 0.00000124. The first-order valence-electron chi connectivity index (χ1n) is 16.1. The van der Waals surface area contributed by atoms with Crippen molar-refractivity contribution < 1.29 is 19.2 Å². The third-order valence-electron chi connectivity index (χ3n) is 9.54. The molecular formula is C35H42N8O4. The smallest absolute Gasteiger partial charge is 0.315 e. The van der Waals surface area contributed by atoms with E-state index in [1.54, 1.807) is 6.33 Å². The molecule has 1 amide bonds. The predicted molar refractivity (Wildman–Crippen MR) is 181 cm³/mol. The lowest BCUT2D eigenvalue weighted by atomic mass is 9.78. The zero-order valence-electron chi connectivity index (χ0n) is 27.6. The number of benzene rings is 2. The van der Waals surface area contributed by atoms with E-state index in [4.69, 9.17) is 19.4 Å². The quantitative estimate of drug-likeness (QED) is 0.180. The number of carboxylic acid groups (broad SMARTS) is 1. The molecule has 0 unspecified atom stereocenters. The normalized spacial score (nSPS) is 16.7. The zero-order valence-corrected chi connectivity index (χ0v) is 27.6. The lowest BCUT2D eigenvalue weighted by Gasteiger charge is -2.40. The first-order valence-corrected chi connectivity index (χ1v) is 16.1. The molecule has 1 atom stereocenters. The van der Waals surface area contributed by atoms with Gasteiger partial charge in [-0.1, -0.05) is 44.1 Å². The van der Waals surface area contributed by atoms with E-state index in [-0.39, 0.29) is 29.7 Å². The average molecular weight is 639 g/mol. The number of anilines is 1. The van der Waals surface area contributed by atoms with Gasteiger partial charge in [-0.05, 0) is 74.4 Å². The van der Waals surface area contributed by atoms with Crippen molar-refractivity contribution in [3.05, 3.63) is 65.6 Å². The van der Waals surface area contributed by atoms with Gasteiger partial charge in [-0.15, -0.1) is 0 Å². The van der Waals surface area contributed by atoms with Gasteiger partial charge in [-0.3, -0.25) is 9.59 Å². The Morgan fingerprint density at radius 2 is 1.89 bits per heavy atom. The van der Waals surface area contributed by atoms with Crippen LogP contribution in [-0.2, 0) is 10.2 Å². The topological polar surface area (TPSA) is 162 Å². The molecule has 2 saturated heterocycles. The van der Waals surface area contributed by atoms with Crippen molar-refractivity contribution >= 4 is 40.0 Å². The molecule has 47 heavy (non-hydrogen) atoms. The van der Waals surface area contributed by atoms with Crippen LogP contribution in [0.4, 0.5) is 5.69 Å². The fraction of sp³-hybridized carbons (Fsp3) is 0.429. The van der Waals surface area contributed by atoms with Crippen LogP contribution in [0.25, 0.3) is 33.2 Å². The molecule has 0 saturated carbocycles. The van der Waals surface area contributed by atoms with Crippen LogP contribution < -0.4 is 15.5 Å². The summed E-state index contributed by atoms with van der Waals surface area (Å²) in [7, 11) is 0. The van der Waals surface area contributed by atoms with Crippen molar-refractivity contribution in [2.45, 2.75) is 65.3 Å². The maximum Gasteiger partial charge on any atom is 0.315 e. The number of aromatic nitrogens is 5. The summed E-state index contributed by atoms with van der Waals surface area (Å²) in [5.74, 6) is 0.0819. The number of aryl methyl sites for hydroxylation is 1. The summed E-state index contributed by atoms with van der Waals surface area (Å²) in [6, 6.07) is 12.7. The Kier molecular flexibility index (Phi) is 8.71. The van der Waals surface area contributed by atoms with E-state index in [2.05, 4.69) is 72.9 Å². The van der Waals surface area contributed by atoms with Gasteiger partial charge < -0.3 is 30.1 Å². The van der Waals surface area contributed by atoms with Crippen LogP contribution in [0, 0.1) is 12.3 Å². The monoisotopic (exact) mass is 638 g/mol. The van der Waals surface area contributed by atoms with Gasteiger partial charge in [0.2, 0.25) is 0 Å². The van der Waals surface area contributed by atoms with E-state index in [0.717, 1.165) is 70.5 Å². The van der Waals surface area contributed by atoms with Gasteiger partial charge in [0.1, 0.15) is 12.0 Å². The fourth-order valence-electron chi connectivity index (χ4n) is 6.86. The second kappa shape index (κ2) is 12.7. The van der Waals surface area contributed by atoms with Crippen LogP contribution in [-0.4, -0.2) is 68.8 Å². The van der Waals surface area contributed by atoms with Gasteiger partial charge in [-0.25, -0.2) is 9.97 Å². The second-order valence-corrected chi connectivity index (χ2v) is 13.8. The van der Waals surface area contributed by atoms with Crippen LogP contribution in [0.5, 0.6) is 0 Å². The summed E-state index contributed by atoms with van der Waals surface area (Å²) >= 11 is 0. The third-order valence-corrected chi connectivity index (χ3v) is 9.54. The van der Waals surface area contributed by atoms with Crippen molar-refractivity contribution in [2.24, 2.45) is 5.41 Å². The summed E-state index contributed by atoms with van der Waals surface area (Å²) in [6.07, 6.45) is 5.41. The van der Waals surface area contributed by atoms with E-state index in [1.807, 2.05) is 33.8 Å². The maximum atomic E-state index is 12.9. The number of H-pyrrole nitrogens is 1. The molecule has 12 heteroatoms. The number of aromatic amines is 1. The predicted octanol–water partition coefficient (Wildman–Crippen LogP) is 5.54. The van der Waals surface area contributed by atoms with E-state index in [9.17, 15) is 4.79 Å². The molecule has 12 nitrogen and oxygen atoms in total. The molecule has 4 N–H and O–H groups in total. The standard InChI is InChI=1S/C34H40N8O2.CH2O2/c1-20-16-22(6-8-24(20)21(2)38-30(43)31-40-32(41-44-31)33(3,4)5)28-27-25-9-7-23(17-26(25)39-29(27)37-19-36-28)42-14-11-34(12-15-42)10-13-35-18-34;2-1-3/h6-9,16-17,19,21,35H,10-15,18H2,1-5H3,(H,38,43)(H,36,37,39);1H,(H,2,3)/t21-;/m1./s1. The molecule has 5 heterocycles. The minimum atomic E-state index is -0.390. The highest BCUT2D eigenvalue weighted by molar-refractivity contribution is 6.12. The van der Waals surface area contributed by atoms with E-state index < -0.39 is 0 Å². The lowest BCUT2D eigenvalue weighted by molar-refractivity contribution is -0.122. The van der Waals surface area contributed by atoms with Gasteiger partial charge in [0.05, 0.1) is 17.1 Å². The molecule has 3 aromatic heterocycles. The van der Waals surface area contributed by atoms with Crippen LogP contribution >= 0.6 is 0 Å². The number of nitrogens with one attached hydrogen (secondary N) is 3. The van der Waals surface area contributed by atoms with Gasteiger partial charge in [0.15, 0.2) is 5.82 Å². The molecule has 0 radical (unpaired) electrons. The molecular weight excluding hydrogens is 596 g/mol. The Morgan fingerprint density at radius 1 is 1.13 bits per heavy atom. The molecule has 7 rings (SSSR count). The largest absolute Gasteiger partial charge is 0.483 e. The lowest BCUT2D eigenvalue weighted by Crippen LogP contribution is -2.41. The first-order chi connectivity index (χ1) is 22.5. The number of hydrogen-bond donors (Lipinski definition) is 4. The number of amides is 1. The molecule has 0 aliphatic carbocycles. The van der Waals surface area contributed by atoms with E-state index in [1.165, 1.54) is 24.9 Å². The summed E-state index contributed by atoms with van der Waals surface area (Å²) in [6.45, 7) is 14.2. The van der Waals surface area contributed by atoms with Crippen LogP contribution in [0.2, 0.25) is 0 Å². The first kappa shape index (κ1) is 32.1. The van der Waals surface area contributed by atoms with Crippen LogP contribution in [0.3, 0.4) is 0 Å². The van der Waals surface area contributed by atoms with Crippen LogP contribution in [0.15, 0.2) is 47.2 Å². The Labute approximate surface area is 273 Å². The highest BCUT2D eigenvalue weighted by Gasteiger charge is 2.37. The average Bonchev–Trinajstić information content (AvgIpc) is 3.80. The number of rotatable bonds is 5.